The van der Waals surface area contributed by atoms with E-state index < -0.39 is 12.1 Å². The van der Waals surface area contributed by atoms with Gasteiger partial charge >= 0.3 is 12.1 Å². The van der Waals surface area contributed by atoms with Crippen LogP contribution in [0.4, 0.5) is 4.79 Å². The maximum Gasteiger partial charge on any atom is 0.513 e. The molecule has 0 aromatic heterocycles. The predicted octanol–water partition coefficient (Wildman–Crippen LogP) is 1.89. The lowest BCUT2D eigenvalue weighted by Crippen LogP contribution is -2.09. The fraction of sp³-hybridized carbons (Fsp3) is 0.308. The summed E-state index contributed by atoms with van der Waals surface area (Å²) in [6.45, 7) is 0. The fourth-order valence-corrected chi connectivity index (χ4v) is 1.43. The van der Waals surface area contributed by atoms with Crippen LogP contribution in [0.5, 0.6) is 11.5 Å². The Morgan fingerprint density at radius 1 is 1.10 bits per heavy atom. The molecule has 0 aliphatic carbocycles. The number of carboxylic acid groups (broad SMARTS) is 1. The number of carbonyl (C=O) groups is 3. The SMILES string of the molecule is COC(=O)Oc1cc(C(=O)CCC(=O)O)ccc1OC. The Labute approximate surface area is 115 Å². The maximum atomic E-state index is 11.8. The molecule has 0 unspecified atom stereocenters. The van der Waals surface area contributed by atoms with Gasteiger partial charge in [-0.2, -0.15) is 0 Å². The summed E-state index contributed by atoms with van der Waals surface area (Å²) in [5.74, 6) is -1.15. The predicted molar refractivity (Wildman–Crippen MR) is 67.2 cm³/mol. The highest BCUT2D eigenvalue weighted by atomic mass is 16.7. The number of rotatable bonds is 6. The van der Waals surface area contributed by atoms with Crippen molar-refractivity contribution < 1.29 is 33.7 Å². The highest BCUT2D eigenvalue weighted by Gasteiger charge is 2.15. The van der Waals surface area contributed by atoms with Gasteiger partial charge in [-0.3, -0.25) is 9.59 Å². The Morgan fingerprint density at radius 2 is 1.80 bits per heavy atom. The Balaban J connectivity index is 2.93. The molecule has 0 heterocycles. The quantitative estimate of drug-likeness (QED) is 0.483. The van der Waals surface area contributed by atoms with Crippen LogP contribution >= 0.6 is 0 Å². The molecule has 0 fully saturated rings. The molecule has 0 aliphatic heterocycles. The van der Waals surface area contributed by atoms with Gasteiger partial charge in [0.05, 0.1) is 20.6 Å². The number of aliphatic carboxylic acids is 1. The maximum absolute atomic E-state index is 11.8. The number of carbonyl (C=O) groups excluding carboxylic acids is 2. The van der Waals surface area contributed by atoms with Gasteiger partial charge in [0.15, 0.2) is 17.3 Å². The fourth-order valence-electron chi connectivity index (χ4n) is 1.43. The third-order valence-electron chi connectivity index (χ3n) is 2.41. The number of ketones is 1. The third kappa shape index (κ3) is 4.27. The van der Waals surface area contributed by atoms with Gasteiger partial charge in [0.25, 0.3) is 0 Å². The molecule has 1 aromatic carbocycles. The summed E-state index contributed by atoms with van der Waals surface area (Å²) in [4.78, 5) is 33.3. The second-order valence-electron chi connectivity index (χ2n) is 3.74. The van der Waals surface area contributed by atoms with E-state index in [1.54, 1.807) is 0 Å². The highest BCUT2D eigenvalue weighted by Crippen LogP contribution is 2.29. The zero-order chi connectivity index (χ0) is 15.1. The molecular weight excluding hydrogens is 268 g/mol. The molecule has 7 heteroatoms. The normalized spacial score (nSPS) is 9.70. The number of Topliss-reactive ketones (excluding diaryl/α,β-unsaturated/α-hetero) is 1. The molecule has 0 aliphatic rings. The summed E-state index contributed by atoms with van der Waals surface area (Å²) in [6.07, 6.45) is -1.35. The van der Waals surface area contributed by atoms with Crippen molar-refractivity contribution in [2.45, 2.75) is 12.8 Å². The van der Waals surface area contributed by atoms with Gasteiger partial charge in [-0.25, -0.2) is 4.79 Å². The van der Waals surface area contributed by atoms with E-state index in [2.05, 4.69) is 4.74 Å². The first-order valence-corrected chi connectivity index (χ1v) is 5.66. The molecule has 20 heavy (non-hydrogen) atoms. The van der Waals surface area contributed by atoms with E-state index in [0.717, 1.165) is 7.11 Å². The monoisotopic (exact) mass is 282 g/mol. The Bertz CT molecular complexity index is 521. The number of ether oxygens (including phenoxy) is 3. The summed E-state index contributed by atoms with van der Waals surface area (Å²) in [6, 6.07) is 4.22. The van der Waals surface area contributed by atoms with Crippen LogP contribution in [0.25, 0.3) is 0 Å². The Kier molecular flexibility index (Phi) is 5.52. The molecule has 1 rings (SSSR count). The van der Waals surface area contributed by atoms with Crippen LogP contribution in [0, 0.1) is 0 Å². The largest absolute Gasteiger partial charge is 0.513 e. The van der Waals surface area contributed by atoms with Crippen molar-refractivity contribution in [2.24, 2.45) is 0 Å². The number of hydrogen-bond donors (Lipinski definition) is 1. The molecule has 0 amide bonds. The summed E-state index contributed by atoms with van der Waals surface area (Å²) < 4.78 is 14.2. The van der Waals surface area contributed by atoms with Crippen molar-refractivity contribution in [1.82, 2.24) is 0 Å². The van der Waals surface area contributed by atoms with Crippen LogP contribution < -0.4 is 9.47 Å². The van der Waals surface area contributed by atoms with Gasteiger partial charge < -0.3 is 19.3 Å². The van der Waals surface area contributed by atoms with Crippen molar-refractivity contribution >= 4 is 17.9 Å². The van der Waals surface area contributed by atoms with Crippen molar-refractivity contribution in [3.05, 3.63) is 23.8 Å². The number of hydrogen-bond acceptors (Lipinski definition) is 6. The summed E-state index contributed by atoms with van der Waals surface area (Å²) in [5.41, 5.74) is 0.228. The Morgan fingerprint density at radius 3 is 2.35 bits per heavy atom. The minimum atomic E-state index is -1.06. The van der Waals surface area contributed by atoms with Gasteiger partial charge in [-0.1, -0.05) is 0 Å². The van der Waals surface area contributed by atoms with Crippen molar-refractivity contribution in [3.8, 4) is 11.5 Å². The molecule has 0 saturated heterocycles. The second kappa shape index (κ2) is 7.13. The summed E-state index contributed by atoms with van der Waals surface area (Å²) >= 11 is 0. The standard InChI is InChI=1S/C13H14O7/c1-18-10-5-3-8(9(14)4-6-12(15)16)7-11(10)20-13(17)19-2/h3,5,7H,4,6H2,1-2H3,(H,15,16). The lowest BCUT2D eigenvalue weighted by molar-refractivity contribution is -0.136. The first kappa shape index (κ1) is 15.5. The van der Waals surface area contributed by atoms with Crippen LogP contribution in [0.15, 0.2) is 18.2 Å². The van der Waals surface area contributed by atoms with Crippen LogP contribution in [0.1, 0.15) is 23.2 Å². The molecule has 1 N–H and O–H groups in total. The molecule has 0 saturated carbocycles. The smallest absolute Gasteiger partial charge is 0.493 e. The van der Waals surface area contributed by atoms with E-state index in [-0.39, 0.29) is 35.7 Å². The molecular formula is C13H14O7. The van der Waals surface area contributed by atoms with Crippen molar-refractivity contribution in [3.63, 3.8) is 0 Å². The third-order valence-corrected chi connectivity index (χ3v) is 2.41. The molecule has 0 radical (unpaired) electrons. The molecule has 1 aromatic rings. The van der Waals surface area contributed by atoms with Crippen LogP contribution in [-0.4, -0.2) is 37.2 Å². The second-order valence-corrected chi connectivity index (χ2v) is 3.74. The van der Waals surface area contributed by atoms with Gasteiger partial charge in [0, 0.05) is 12.0 Å². The minimum absolute atomic E-state index is 0.0283. The van der Waals surface area contributed by atoms with Gasteiger partial charge in [-0.15, -0.1) is 0 Å². The molecule has 108 valence electrons. The zero-order valence-electron chi connectivity index (χ0n) is 11.0. The van der Waals surface area contributed by atoms with Gasteiger partial charge in [0.1, 0.15) is 0 Å². The summed E-state index contributed by atoms with van der Waals surface area (Å²) in [5, 5.41) is 8.54. The number of methoxy groups -OCH3 is 2. The first-order chi connectivity index (χ1) is 9.47. The van der Waals surface area contributed by atoms with E-state index in [4.69, 9.17) is 14.6 Å². The number of benzene rings is 1. The average Bonchev–Trinajstić information content (AvgIpc) is 2.44. The topological polar surface area (TPSA) is 99.1 Å². The minimum Gasteiger partial charge on any atom is -0.493 e. The van der Waals surface area contributed by atoms with Crippen LogP contribution in [-0.2, 0) is 9.53 Å². The van der Waals surface area contributed by atoms with Gasteiger partial charge in [0.2, 0.25) is 0 Å². The van der Waals surface area contributed by atoms with Crippen LogP contribution in [0.3, 0.4) is 0 Å². The van der Waals surface area contributed by atoms with E-state index in [0.29, 0.717) is 0 Å². The van der Waals surface area contributed by atoms with Crippen molar-refractivity contribution in [1.29, 1.82) is 0 Å². The first-order valence-electron chi connectivity index (χ1n) is 5.66. The molecule has 7 nitrogen and oxygen atoms in total. The number of carboxylic acids is 1. The highest BCUT2D eigenvalue weighted by molar-refractivity contribution is 5.98. The molecule has 0 atom stereocenters. The van der Waals surface area contributed by atoms with Crippen molar-refractivity contribution in [2.75, 3.05) is 14.2 Å². The molecule has 0 bridgehead atoms. The Hall–Kier alpha value is -2.57. The average molecular weight is 282 g/mol. The van der Waals surface area contributed by atoms with E-state index in [1.807, 2.05) is 0 Å². The van der Waals surface area contributed by atoms with Crippen LogP contribution in [0.2, 0.25) is 0 Å². The van der Waals surface area contributed by atoms with Gasteiger partial charge in [-0.05, 0) is 18.2 Å². The lowest BCUT2D eigenvalue weighted by atomic mass is 10.1. The molecule has 0 spiro atoms. The summed E-state index contributed by atoms with van der Waals surface area (Å²) in [7, 11) is 2.53. The lowest BCUT2D eigenvalue weighted by Gasteiger charge is -2.09. The van der Waals surface area contributed by atoms with E-state index in [1.165, 1.54) is 25.3 Å². The zero-order valence-corrected chi connectivity index (χ0v) is 11.0. The van der Waals surface area contributed by atoms with E-state index >= 15 is 0 Å². The van der Waals surface area contributed by atoms with E-state index in [9.17, 15) is 14.4 Å².